The van der Waals surface area contributed by atoms with E-state index < -0.39 is 0 Å². The third-order valence-corrected chi connectivity index (χ3v) is 5.44. The molecule has 2 aromatic carbocycles. The number of hydrogen-bond donors (Lipinski definition) is 1. The van der Waals surface area contributed by atoms with Gasteiger partial charge in [-0.2, -0.15) is 5.10 Å². The van der Waals surface area contributed by atoms with Gasteiger partial charge in [0.1, 0.15) is 0 Å². The van der Waals surface area contributed by atoms with Crippen LogP contribution in [0.4, 0.5) is 11.4 Å². The number of hydrogen-bond acceptors (Lipinski definition) is 3. The molecule has 2 heterocycles. The van der Waals surface area contributed by atoms with Gasteiger partial charge in [0.05, 0.1) is 12.2 Å². The molecule has 3 aromatic rings. The van der Waals surface area contributed by atoms with E-state index in [4.69, 9.17) is 0 Å². The highest BCUT2D eigenvalue weighted by Gasteiger charge is 2.23. The zero-order valence-electron chi connectivity index (χ0n) is 17.6. The van der Waals surface area contributed by atoms with Gasteiger partial charge in [-0.1, -0.05) is 12.1 Å². The molecule has 1 aromatic heterocycles. The molecule has 1 saturated heterocycles. The van der Waals surface area contributed by atoms with Crippen molar-refractivity contribution in [3.63, 3.8) is 0 Å². The Morgan fingerprint density at radius 3 is 2.60 bits per heavy atom. The number of nitrogens with one attached hydrogen (secondary N) is 1. The SMILES string of the molecule is Cc1cc(C)n(Cc2cccc(C(=O)Nc3ccc(N4CCCC4=O)c(C)c3)c2)n1. The molecule has 1 aliphatic rings. The minimum absolute atomic E-state index is 0.158. The largest absolute Gasteiger partial charge is 0.322 e. The molecule has 30 heavy (non-hydrogen) atoms. The van der Waals surface area contributed by atoms with Crippen LogP contribution in [0.2, 0.25) is 0 Å². The van der Waals surface area contributed by atoms with Crippen LogP contribution in [0.5, 0.6) is 0 Å². The highest BCUT2D eigenvalue weighted by Crippen LogP contribution is 2.27. The number of benzene rings is 2. The molecule has 1 aliphatic heterocycles. The summed E-state index contributed by atoms with van der Waals surface area (Å²) >= 11 is 0. The Labute approximate surface area is 176 Å². The van der Waals surface area contributed by atoms with Gasteiger partial charge in [-0.25, -0.2) is 0 Å². The van der Waals surface area contributed by atoms with E-state index in [0.717, 1.165) is 46.9 Å². The lowest BCUT2D eigenvalue weighted by molar-refractivity contribution is -0.117. The van der Waals surface area contributed by atoms with Gasteiger partial charge in [0.15, 0.2) is 0 Å². The monoisotopic (exact) mass is 402 g/mol. The summed E-state index contributed by atoms with van der Waals surface area (Å²) in [4.78, 5) is 26.6. The quantitative estimate of drug-likeness (QED) is 0.694. The molecule has 0 unspecified atom stereocenters. The Kier molecular flexibility index (Phi) is 5.40. The summed E-state index contributed by atoms with van der Waals surface area (Å²) in [6.07, 6.45) is 1.50. The molecule has 0 radical (unpaired) electrons. The van der Waals surface area contributed by atoms with Crippen molar-refractivity contribution in [1.82, 2.24) is 9.78 Å². The van der Waals surface area contributed by atoms with Crippen LogP contribution >= 0.6 is 0 Å². The molecule has 2 amide bonds. The van der Waals surface area contributed by atoms with E-state index in [1.54, 1.807) is 0 Å². The summed E-state index contributed by atoms with van der Waals surface area (Å²) in [6, 6.07) is 15.3. The molecule has 0 bridgehead atoms. The van der Waals surface area contributed by atoms with Crippen molar-refractivity contribution in [2.75, 3.05) is 16.8 Å². The second kappa shape index (κ2) is 8.14. The highest BCUT2D eigenvalue weighted by molar-refractivity contribution is 6.04. The van der Waals surface area contributed by atoms with Crippen molar-refractivity contribution in [2.24, 2.45) is 0 Å². The van der Waals surface area contributed by atoms with Crippen LogP contribution in [-0.2, 0) is 11.3 Å². The predicted octanol–water partition coefficient (Wildman–Crippen LogP) is 4.24. The van der Waals surface area contributed by atoms with Gasteiger partial charge in [0, 0.05) is 35.6 Å². The number of aromatic nitrogens is 2. The Morgan fingerprint density at radius 2 is 1.93 bits per heavy atom. The second-order valence-corrected chi connectivity index (χ2v) is 7.89. The Balaban J connectivity index is 1.48. The molecule has 0 saturated carbocycles. The highest BCUT2D eigenvalue weighted by atomic mass is 16.2. The molecule has 6 heteroatoms. The summed E-state index contributed by atoms with van der Waals surface area (Å²) in [5.41, 5.74) is 6.31. The number of nitrogens with zero attached hydrogens (tertiary/aromatic N) is 3. The average Bonchev–Trinajstić information content (AvgIpc) is 3.26. The van der Waals surface area contributed by atoms with Crippen LogP contribution < -0.4 is 10.2 Å². The fourth-order valence-electron chi connectivity index (χ4n) is 3.96. The van der Waals surface area contributed by atoms with E-state index >= 15 is 0 Å². The minimum atomic E-state index is -0.158. The number of anilines is 2. The lowest BCUT2D eigenvalue weighted by Crippen LogP contribution is -2.24. The molecule has 6 nitrogen and oxygen atoms in total. The first-order chi connectivity index (χ1) is 14.4. The van der Waals surface area contributed by atoms with Gasteiger partial charge in [-0.3, -0.25) is 14.3 Å². The zero-order chi connectivity index (χ0) is 21.3. The maximum Gasteiger partial charge on any atom is 0.255 e. The number of amides is 2. The number of carbonyl (C=O) groups excluding carboxylic acids is 2. The van der Waals surface area contributed by atoms with Gasteiger partial charge in [0.2, 0.25) is 5.91 Å². The molecule has 0 aliphatic carbocycles. The summed E-state index contributed by atoms with van der Waals surface area (Å²) in [7, 11) is 0. The molecular formula is C24H26N4O2. The van der Waals surface area contributed by atoms with Gasteiger partial charge in [-0.05, 0) is 74.7 Å². The normalized spacial score (nSPS) is 13.7. The van der Waals surface area contributed by atoms with Crippen molar-refractivity contribution < 1.29 is 9.59 Å². The first-order valence-corrected chi connectivity index (χ1v) is 10.2. The molecule has 154 valence electrons. The van der Waals surface area contributed by atoms with Crippen LogP contribution in [0, 0.1) is 20.8 Å². The fourth-order valence-corrected chi connectivity index (χ4v) is 3.96. The summed E-state index contributed by atoms with van der Waals surface area (Å²) in [5.74, 6) is 0.00364. The zero-order valence-corrected chi connectivity index (χ0v) is 17.6. The topological polar surface area (TPSA) is 67.2 Å². The van der Waals surface area contributed by atoms with Gasteiger partial charge < -0.3 is 10.2 Å². The van der Waals surface area contributed by atoms with E-state index in [1.807, 2.05) is 78.9 Å². The van der Waals surface area contributed by atoms with Crippen molar-refractivity contribution in [3.8, 4) is 0 Å². The standard InChI is InChI=1S/C24H26N4O2/c1-16-12-21(9-10-22(16)27-11-5-8-23(27)29)25-24(30)20-7-4-6-19(14-20)15-28-18(3)13-17(2)26-28/h4,6-7,9-10,12-14H,5,8,11,15H2,1-3H3,(H,25,30). The molecule has 0 spiro atoms. The smallest absolute Gasteiger partial charge is 0.255 e. The van der Waals surface area contributed by atoms with Crippen molar-refractivity contribution in [1.29, 1.82) is 0 Å². The lowest BCUT2D eigenvalue weighted by Gasteiger charge is -2.19. The fraction of sp³-hybridized carbons (Fsp3) is 0.292. The Hall–Kier alpha value is -3.41. The van der Waals surface area contributed by atoms with Crippen LogP contribution in [0.25, 0.3) is 0 Å². The third kappa shape index (κ3) is 4.13. The predicted molar refractivity (Wildman–Crippen MR) is 118 cm³/mol. The van der Waals surface area contributed by atoms with Crippen molar-refractivity contribution >= 4 is 23.2 Å². The van der Waals surface area contributed by atoms with Crippen LogP contribution in [0.1, 0.15) is 45.7 Å². The maximum absolute atomic E-state index is 12.8. The summed E-state index contributed by atoms with van der Waals surface area (Å²) in [5, 5.41) is 7.46. The van der Waals surface area contributed by atoms with Crippen molar-refractivity contribution in [3.05, 3.63) is 76.6 Å². The molecule has 1 fully saturated rings. The minimum Gasteiger partial charge on any atom is -0.322 e. The lowest BCUT2D eigenvalue weighted by atomic mass is 10.1. The third-order valence-electron chi connectivity index (χ3n) is 5.44. The molecular weight excluding hydrogens is 376 g/mol. The van der Waals surface area contributed by atoms with Crippen LogP contribution in [0.15, 0.2) is 48.5 Å². The van der Waals surface area contributed by atoms with E-state index in [0.29, 0.717) is 18.5 Å². The number of aryl methyl sites for hydroxylation is 3. The first-order valence-electron chi connectivity index (χ1n) is 10.2. The molecule has 1 N–H and O–H groups in total. The molecule has 4 rings (SSSR count). The summed E-state index contributed by atoms with van der Waals surface area (Å²) < 4.78 is 1.94. The van der Waals surface area contributed by atoms with E-state index in [-0.39, 0.29) is 11.8 Å². The van der Waals surface area contributed by atoms with Gasteiger partial charge in [-0.15, -0.1) is 0 Å². The number of rotatable bonds is 5. The van der Waals surface area contributed by atoms with Gasteiger partial charge >= 0.3 is 0 Å². The Bertz CT molecular complexity index is 1120. The first kappa shape index (κ1) is 19.9. The second-order valence-electron chi connectivity index (χ2n) is 7.89. The maximum atomic E-state index is 12.8. The van der Waals surface area contributed by atoms with E-state index in [1.165, 1.54) is 0 Å². The van der Waals surface area contributed by atoms with Crippen molar-refractivity contribution in [2.45, 2.75) is 40.2 Å². The average molecular weight is 402 g/mol. The van der Waals surface area contributed by atoms with E-state index in [2.05, 4.69) is 10.4 Å². The number of carbonyl (C=O) groups is 2. The van der Waals surface area contributed by atoms with Crippen LogP contribution in [0.3, 0.4) is 0 Å². The van der Waals surface area contributed by atoms with Crippen LogP contribution in [-0.4, -0.2) is 28.1 Å². The van der Waals surface area contributed by atoms with E-state index in [9.17, 15) is 9.59 Å². The Morgan fingerprint density at radius 1 is 1.10 bits per heavy atom. The summed E-state index contributed by atoms with van der Waals surface area (Å²) in [6.45, 7) is 7.34. The van der Waals surface area contributed by atoms with Gasteiger partial charge in [0.25, 0.3) is 5.91 Å². The molecule has 0 atom stereocenters.